The molecule has 0 aliphatic carbocycles. The number of carbonyl (C=O) groups is 3. The zero-order valence-electron chi connectivity index (χ0n) is 14.2. The minimum absolute atomic E-state index is 0.178. The van der Waals surface area contributed by atoms with E-state index in [0.717, 1.165) is 6.07 Å². The first-order valence-electron chi connectivity index (χ1n) is 7.59. The van der Waals surface area contributed by atoms with Crippen LogP contribution in [-0.4, -0.2) is 42.5 Å². The van der Waals surface area contributed by atoms with Gasteiger partial charge in [0.25, 0.3) is 11.6 Å². The zero-order valence-corrected chi connectivity index (χ0v) is 14.2. The predicted molar refractivity (Wildman–Crippen MR) is 86.8 cm³/mol. The molecular formula is C16H20N2O7. The Balaban J connectivity index is 2.71. The summed E-state index contributed by atoms with van der Waals surface area (Å²) in [6.45, 7) is 2.94. The zero-order chi connectivity index (χ0) is 19.0. The average molecular weight is 352 g/mol. The first kappa shape index (κ1) is 20.1. The SMILES string of the molecule is CC[C@H](C)[C@@H](NC(=O)COC(=O)c1ccccc1[N+](=O)[O-])C(=O)OC. The van der Waals surface area contributed by atoms with Gasteiger partial charge in [-0.25, -0.2) is 9.59 Å². The molecule has 1 rings (SSSR count). The molecule has 136 valence electrons. The molecule has 0 unspecified atom stereocenters. The topological polar surface area (TPSA) is 125 Å². The second-order valence-corrected chi connectivity index (χ2v) is 5.30. The summed E-state index contributed by atoms with van der Waals surface area (Å²) in [4.78, 5) is 45.7. The Bertz CT molecular complexity index is 660. The van der Waals surface area contributed by atoms with Crippen LogP contribution in [0.1, 0.15) is 30.6 Å². The van der Waals surface area contributed by atoms with Crippen molar-refractivity contribution in [3.63, 3.8) is 0 Å². The van der Waals surface area contributed by atoms with Gasteiger partial charge in [-0.05, 0) is 12.0 Å². The van der Waals surface area contributed by atoms with Gasteiger partial charge in [0.2, 0.25) is 0 Å². The maximum atomic E-state index is 11.9. The lowest BCUT2D eigenvalue weighted by atomic mass is 9.99. The molecule has 0 bridgehead atoms. The van der Waals surface area contributed by atoms with Gasteiger partial charge >= 0.3 is 11.9 Å². The quantitative estimate of drug-likeness (QED) is 0.426. The molecule has 25 heavy (non-hydrogen) atoms. The van der Waals surface area contributed by atoms with Gasteiger partial charge in [-0.2, -0.15) is 0 Å². The summed E-state index contributed by atoms with van der Waals surface area (Å²) < 4.78 is 9.44. The van der Waals surface area contributed by atoms with Crippen LogP contribution in [0.3, 0.4) is 0 Å². The Morgan fingerprint density at radius 1 is 1.28 bits per heavy atom. The van der Waals surface area contributed by atoms with Crippen molar-refractivity contribution in [1.29, 1.82) is 0 Å². The Hall–Kier alpha value is -2.97. The van der Waals surface area contributed by atoms with Gasteiger partial charge in [0.15, 0.2) is 6.61 Å². The van der Waals surface area contributed by atoms with Gasteiger partial charge < -0.3 is 14.8 Å². The van der Waals surface area contributed by atoms with E-state index in [0.29, 0.717) is 6.42 Å². The molecule has 0 spiro atoms. The van der Waals surface area contributed by atoms with Crippen molar-refractivity contribution in [3.8, 4) is 0 Å². The summed E-state index contributed by atoms with van der Waals surface area (Å²) in [7, 11) is 1.21. The molecule has 1 aromatic rings. The largest absolute Gasteiger partial charge is 0.467 e. The third kappa shape index (κ3) is 5.55. The fourth-order valence-corrected chi connectivity index (χ4v) is 2.03. The summed E-state index contributed by atoms with van der Waals surface area (Å²) in [5.74, 6) is -2.49. The number of methoxy groups -OCH3 is 1. The second kappa shape index (κ2) is 9.36. The number of hydrogen-bond acceptors (Lipinski definition) is 7. The van der Waals surface area contributed by atoms with Crippen LogP contribution in [0.4, 0.5) is 5.69 Å². The highest BCUT2D eigenvalue weighted by atomic mass is 16.6. The van der Waals surface area contributed by atoms with Crippen molar-refractivity contribution in [3.05, 3.63) is 39.9 Å². The molecule has 1 amide bonds. The Morgan fingerprint density at radius 2 is 1.92 bits per heavy atom. The van der Waals surface area contributed by atoms with E-state index >= 15 is 0 Å². The number of esters is 2. The van der Waals surface area contributed by atoms with E-state index < -0.39 is 41.1 Å². The minimum atomic E-state index is -0.999. The van der Waals surface area contributed by atoms with Crippen LogP contribution in [-0.2, 0) is 19.1 Å². The lowest BCUT2D eigenvalue weighted by Gasteiger charge is -2.21. The van der Waals surface area contributed by atoms with Gasteiger partial charge in [0.05, 0.1) is 12.0 Å². The third-order valence-corrected chi connectivity index (χ3v) is 3.64. The van der Waals surface area contributed by atoms with E-state index in [1.807, 2.05) is 6.92 Å². The van der Waals surface area contributed by atoms with Crippen LogP contribution in [0.15, 0.2) is 24.3 Å². The number of nitro groups is 1. The number of nitrogens with one attached hydrogen (secondary N) is 1. The van der Waals surface area contributed by atoms with Gasteiger partial charge in [0.1, 0.15) is 11.6 Å². The van der Waals surface area contributed by atoms with Crippen molar-refractivity contribution in [2.24, 2.45) is 5.92 Å². The molecule has 0 radical (unpaired) electrons. The number of nitrogens with zero attached hydrogens (tertiary/aromatic N) is 1. The highest BCUT2D eigenvalue weighted by Gasteiger charge is 2.27. The fraction of sp³-hybridized carbons (Fsp3) is 0.438. The molecular weight excluding hydrogens is 332 g/mol. The van der Waals surface area contributed by atoms with E-state index in [4.69, 9.17) is 4.74 Å². The van der Waals surface area contributed by atoms with E-state index in [2.05, 4.69) is 10.1 Å². The van der Waals surface area contributed by atoms with Crippen molar-refractivity contribution in [2.75, 3.05) is 13.7 Å². The summed E-state index contributed by atoms with van der Waals surface area (Å²) in [6, 6.07) is 4.38. The fourth-order valence-electron chi connectivity index (χ4n) is 2.03. The minimum Gasteiger partial charge on any atom is -0.467 e. The second-order valence-electron chi connectivity index (χ2n) is 5.30. The predicted octanol–water partition coefficient (Wildman–Crippen LogP) is 1.46. The summed E-state index contributed by atoms with van der Waals surface area (Å²) in [6.07, 6.45) is 0.621. The van der Waals surface area contributed by atoms with Crippen LogP contribution in [0.2, 0.25) is 0 Å². The number of hydrogen-bond donors (Lipinski definition) is 1. The van der Waals surface area contributed by atoms with Crippen LogP contribution in [0, 0.1) is 16.0 Å². The summed E-state index contributed by atoms with van der Waals surface area (Å²) in [5.41, 5.74) is -0.674. The molecule has 0 fully saturated rings. The molecule has 9 nitrogen and oxygen atoms in total. The standard InChI is InChI=1S/C16H20N2O7/c1-4-10(2)14(16(21)24-3)17-13(19)9-25-15(20)11-7-5-6-8-12(11)18(22)23/h5-8,10,14H,4,9H2,1-3H3,(H,17,19)/t10-,14+/m0/s1. The average Bonchev–Trinajstić information content (AvgIpc) is 2.62. The van der Waals surface area contributed by atoms with E-state index in [1.54, 1.807) is 6.92 Å². The summed E-state index contributed by atoms with van der Waals surface area (Å²) >= 11 is 0. The highest BCUT2D eigenvalue weighted by Crippen LogP contribution is 2.18. The number of benzene rings is 1. The van der Waals surface area contributed by atoms with E-state index in [1.165, 1.54) is 25.3 Å². The molecule has 2 atom stereocenters. The maximum Gasteiger partial charge on any atom is 0.345 e. The molecule has 0 saturated carbocycles. The number of rotatable bonds is 8. The van der Waals surface area contributed by atoms with Gasteiger partial charge in [-0.1, -0.05) is 32.4 Å². The number of ether oxygens (including phenoxy) is 2. The van der Waals surface area contributed by atoms with Gasteiger partial charge in [-0.3, -0.25) is 14.9 Å². The van der Waals surface area contributed by atoms with Crippen molar-refractivity contribution in [1.82, 2.24) is 5.32 Å². The Labute approximate surface area is 144 Å². The van der Waals surface area contributed by atoms with Crippen molar-refractivity contribution < 1.29 is 28.8 Å². The van der Waals surface area contributed by atoms with Gasteiger partial charge in [0, 0.05) is 6.07 Å². The lowest BCUT2D eigenvalue weighted by molar-refractivity contribution is -0.385. The maximum absolute atomic E-state index is 11.9. The Kier molecular flexibility index (Phi) is 7.51. The number of para-hydroxylation sites is 1. The van der Waals surface area contributed by atoms with Crippen molar-refractivity contribution >= 4 is 23.5 Å². The molecule has 1 aromatic carbocycles. The van der Waals surface area contributed by atoms with Crippen LogP contribution in [0.5, 0.6) is 0 Å². The molecule has 9 heteroatoms. The molecule has 0 aromatic heterocycles. The number of carbonyl (C=O) groups excluding carboxylic acids is 3. The third-order valence-electron chi connectivity index (χ3n) is 3.64. The summed E-state index contributed by atoms with van der Waals surface area (Å²) in [5, 5.41) is 13.3. The van der Waals surface area contributed by atoms with Crippen LogP contribution < -0.4 is 5.32 Å². The van der Waals surface area contributed by atoms with E-state index in [-0.39, 0.29) is 11.5 Å². The molecule has 0 saturated heterocycles. The van der Waals surface area contributed by atoms with Gasteiger partial charge in [-0.15, -0.1) is 0 Å². The molecule has 0 aliphatic rings. The van der Waals surface area contributed by atoms with Crippen LogP contribution >= 0.6 is 0 Å². The lowest BCUT2D eigenvalue weighted by Crippen LogP contribution is -2.47. The molecule has 0 heterocycles. The van der Waals surface area contributed by atoms with E-state index in [9.17, 15) is 24.5 Å². The number of nitro benzene ring substituents is 1. The van der Waals surface area contributed by atoms with Crippen LogP contribution in [0.25, 0.3) is 0 Å². The first-order valence-corrected chi connectivity index (χ1v) is 7.59. The normalized spacial score (nSPS) is 12.6. The highest BCUT2D eigenvalue weighted by molar-refractivity contribution is 5.95. The molecule has 0 aliphatic heterocycles. The molecule has 1 N–H and O–H groups in total. The number of amides is 1. The monoisotopic (exact) mass is 352 g/mol. The Morgan fingerprint density at radius 3 is 2.48 bits per heavy atom. The smallest absolute Gasteiger partial charge is 0.345 e. The van der Waals surface area contributed by atoms with Crippen molar-refractivity contribution in [2.45, 2.75) is 26.3 Å². The first-order chi connectivity index (χ1) is 11.8.